The lowest BCUT2D eigenvalue weighted by Gasteiger charge is -2.25. The van der Waals surface area contributed by atoms with Gasteiger partial charge in [0.2, 0.25) is 5.91 Å². The van der Waals surface area contributed by atoms with E-state index in [-0.39, 0.29) is 11.8 Å². The maximum absolute atomic E-state index is 13.6. The molecule has 0 unspecified atom stereocenters. The van der Waals surface area contributed by atoms with Crippen molar-refractivity contribution in [2.45, 2.75) is 57.4 Å². The van der Waals surface area contributed by atoms with E-state index in [1.54, 1.807) is 43.7 Å². The number of anilines is 1. The van der Waals surface area contributed by atoms with Crippen LogP contribution in [0.25, 0.3) is 33.2 Å². The van der Waals surface area contributed by atoms with Gasteiger partial charge in [-0.2, -0.15) is 0 Å². The molecule has 3 amide bonds. The van der Waals surface area contributed by atoms with Gasteiger partial charge in [0.05, 0.1) is 11.4 Å². The Morgan fingerprint density at radius 2 is 1.68 bits per heavy atom. The normalized spacial score (nSPS) is 14.2. The van der Waals surface area contributed by atoms with Crippen LogP contribution in [0.2, 0.25) is 0 Å². The molecule has 0 bridgehead atoms. The van der Waals surface area contributed by atoms with Crippen LogP contribution in [0.15, 0.2) is 66.9 Å². The molecule has 5 aromatic rings. The molecule has 1 saturated carbocycles. The van der Waals surface area contributed by atoms with Crippen LogP contribution in [-0.4, -0.2) is 37.4 Å². The summed E-state index contributed by atoms with van der Waals surface area (Å²) in [5.41, 5.74) is 10.8. The van der Waals surface area contributed by atoms with Crippen molar-refractivity contribution in [3.63, 3.8) is 0 Å². The largest absolute Gasteiger partial charge is 0.364 e. The van der Waals surface area contributed by atoms with Gasteiger partial charge >= 0.3 is 0 Å². The second kappa shape index (κ2) is 11.3. The molecule has 9 heteroatoms. The molecule has 1 aliphatic rings. The molecule has 0 radical (unpaired) electrons. The highest BCUT2D eigenvalue weighted by Gasteiger charge is 2.31. The highest BCUT2D eigenvalue weighted by molar-refractivity contribution is 6.06. The monoisotopic (exact) mass is 590 g/mol. The third-order valence-electron chi connectivity index (χ3n) is 8.97. The van der Waals surface area contributed by atoms with Gasteiger partial charge in [-0.25, -0.2) is 0 Å². The molecule has 1 aliphatic carbocycles. The van der Waals surface area contributed by atoms with Crippen molar-refractivity contribution in [1.29, 1.82) is 0 Å². The first-order valence-electron chi connectivity index (χ1n) is 15.1. The number of nitrogens with one attached hydrogen (secondary N) is 2. The maximum Gasteiger partial charge on any atom is 0.265 e. The zero-order chi connectivity index (χ0) is 31.2. The number of hydrogen-bond acceptors (Lipinski definition) is 4. The molecule has 9 nitrogen and oxygen atoms in total. The average Bonchev–Trinajstić information content (AvgIpc) is 3.50. The van der Waals surface area contributed by atoms with Gasteiger partial charge in [-0.15, -0.1) is 0 Å². The van der Waals surface area contributed by atoms with E-state index in [4.69, 9.17) is 5.73 Å². The standard InChI is InChI=1S/C35H38N6O3/c1-35(2,34(44)38-24-14-16-27-23(18-24)20-29(32(36)42)40(27)3)39-33(43)22-13-15-25-28(19-22)41(4)31(26-12-8-9-17-37-26)30(25)21-10-6-5-7-11-21/h8-9,12-21H,5-7,10-11H2,1-4H3,(H2,36,42)(H,38,44)(H,39,43). The van der Waals surface area contributed by atoms with Crippen molar-refractivity contribution in [3.8, 4) is 11.4 Å². The SMILES string of the molecule is Cn1c(C(N)=O)cc2cc(NC(=O)C(C)(C)NC(=O)c3ccc4c(C5CCCCC5)c(-c5ccccn5)n(C)c4c3)ccc21. The second-order valence-electron chi connectivity index (χ2n) is 12.4. The zero-order valence-corrected chi connectivity index (χ0v) is 25.6. The summed E-state index contributed by atoms with van der Waals surface area (Å²) in [5, 5.41) is 7.74. The third-order valence-corrected chi connectivity index (χ3v) is 8.97. The quantitative estimate of drug-likeness (QED) is 0.214. The Bertz CT molecular complexity index is 1910. The molecule has 3 aromatic heterocycles. The molecule has 4 N–H and O–H groups in total. The smallest absolute Gasteiger partial charge is 0.265 e. The summed E-state index contributed by atoms with van der Waals surface area (Å²) < 4.78 is 3.87. The minimum absolute atomic E-state index is 0.337. The van der Waals surface area contributed by atoms with Gasteiger partial charge in [0.25, 0.3) is 11.8 Å². The van der Waals surface area contributed by atoms with E-state index >= 15 is 0 Å². The minimum atomic E-state index is -1.21. The first kappa shape index (κ1) is 29.2. The van der Waals surface area contributed by atoms with E-state index in [0.29, 0.717) is 22.9 Å². The van der Waals surface area contributed by atoms with Crippen LogP contribution in [0.5, 0.6) is 0 Å². The summed E-state index contributed by atoms with van der Waals surface area (Å²) in [5.74, 6) is -0.779. The molecule has 226 valence electrons. The van der Waals surface area contributed by atoms with Crippen molar-refractivity contribution in [2.24, 2.45) is 19.8 Å². The number of primary amides is 1. The van der Waals surface area contributed by atoms with E-state index in [2.05, 4.69) is 20.2 Å². The Morgan fingerprint density at radius 3 is 2.39 bits per heavy atom. The van der Waals surface area contributed by atoms with E-state index in [0.717, 1.165) is 46.0 Å². The number of carbonyl (C=O) groups is 3. The second-order valence-corrected chi connectivity index (χ2v) is 12.4. The third kappa shape index (κ3) is 5.23. The van der Waals surface area contributed by atoms with Crippen LogP contribution in [0.3, 0.4) is 0 Å². The molecule has 0 spiro atoms. The van der Waals surface area contributed by atoms with Gasteiger partial charge in [-0.3, -0.25) is 19.4 Å². The molecule has 1 fully saturated rings. The average molecular weight is 591 g/mol. The Balaban J connectivity index is 1.26. The van der Waals surface area contributed by atoms with Crippen molar-refractivity contribution < 1.29 is 14.4 Å². The molecule has 44 heavy (non-hydrogen) atoms. The molecule has 2 aromatic carbocycles. The summed E-state index contributed by atoms with van der Waals surface area (Å²) in [6, 6.07) is 18.8. The maximum atomic E-state index is 13.6. The number of nitrogens with two attached hydrogens (primary N) is 1. The molecular formula is C35H38N6O3. The number of benzene rings is 2. The van der Waals surface area contributed by atoms with Crippen molar-refractivity contribution in [2.75, 3.05) is 5.32 Å². The molecule has 0 saturated heterocycles. The first-order valence-corrected chi connectivity index (χ1v) is 15.1. The summed E-state index contributed by atoms with van der Waals surface area (Å²) in [4.78, 5) is 43.3. The summed E-state index contributed by atoms with van der Waals surface area (Å²) in [6.45, 7) is 3.35. The van der Waals surface area contributed by atoms with Crippen LogP contribution in [-0.2, 0) is 18.9 Å². The lowest BCUT2D eigenvalue weighted by Crippen LogP contribution is -2.52. The van der Waals surface area contributed by atoms with Gasteiger partial charge < -0.3 is 25.5 Å². The Kier molecular flexibility index (Phi) is 7.49. The summed E-state index contributed by atoms with van der Waals surface area (Å²) >= 11 is 0. The fraction of sp³-hybridized carbons (Fsp3) is 0.314. The van der Waals surface area contributed by atoms with Crippen molar-refractivity contribution in [1.82, 2.24) is 19.4 Å². The topological polar surface area (TPSA) is 124 Å². The molecule has 3 heterocycles. The molecule has 6 rings (SSSR count). The lowest BCUT2D eigenvalue weighted by molar-refractivity contribution is -0.120. The van der Waals surface area contributed by atoms with E-state index in [9.17, 15) is 14.4 Å². The highest BCUT2D eigenvalue weighted by Crippen LogP contribution is 2.43. The van der Waals surface area contributed by atoms with Crippen molar-refractivity contribution >= 4 is 45.2 Å². The Morgan fingerprint density at radius 1 is 0.909 bits per heavy atom. The van der Waals surface area contributed by atoms with Crippen LogP contribution in [0.4, 0.5) is 5.69 Å². The Hall–Kier alpha value is -4.92. The predicted molar refractivity (Wildman–Crippen MR) is 174 cm³/mol. The number of fused-ring (bicyclic) bond motifs is 2. The van der Waals surface area contributed by atoms with Crippen molar-refractivity contribution in [3.05, 3.63) is 83.7 Å². The first-order chi connectivity index (χ1) is 21.0. The number of aryl methyl sites for hydroxylation is 2. The van der Waals surface area contributed by atoms with E-state index in [1.165, 1.54) is 24.8 Å². The highest BCUT2D eigenvalue weighted by atomic mass is 16.2. The Labute approximate surface area is 256 Å². The number of pyridine rings is 1. The lowest BCUT2D eigenvalue weighted by atomic mass is 9.82. The summed E-state index contributed by atoms with van der Waals surface area (Å²) in [6.07, 6.45) is 7.81. The minimum Gasteiger partial charge on any atom is -0.364 e. The number of carbonyl (C=O) groups excluding carboxylic acids is 3. The van der Waals surface area contributed by atoms with Gasteiger partial charge in [0.1, 0.15) is 11.2 Å². The van der Waals surface area contributed by atoms with Gasteiger partial charge in [0, 0.05) is 53.3 Å². The number of rotatable bonds is 7. The number of aromatic nitrogens is 3. The predicted octanol–water partition coefficient (Wildman–Crippen LogP) is 6.03. The van der Waals surface area contributed by atoms with Crippen LogP contribution >= 0.6 is 0 Å². The molecular weight excluding hydrogens is 552 g/mol. The van der Waals surface area contributed by atoms with Crippen LogP contribution < -0.4 is 16.4 Å². The molecule has 0 atom stereocenters. The van der Waals surface area contributed by atoms with E-state index in [1.807, 2.05) is 55.7 Å². The fourth-order valence-electron chi connectivity index (χ4n) is 6.59. The molecule has 0 aliphatic heterocycles. The summed E-state index contributed by atoms with van der Waals surface area (Å²) in [7, 11) is 3.80. The van der Waals surface area contributed by atoms with Crippen LogP contribution in [0, 0.1) is 0 Å². The van der Waals surface area contributed by atoms with Crippen LogP contribution in [0.1, 0.15) is 78.3 Å². The van der Waals surface area contributed by atoms with Gasteiger partial charge in [0.15, 0.2) is 0 Å². The van der Waals surface area contributed by atoms with E-state index < -0.39 is 11.4 Å². The van der Waals surface area contributed by atoms with Gasteiger partial charge in [-0.1, -0.05) is 31.4 Å². The number of hydrogen-bond donors (Lipinski definition) is 3. The zero-order valence-electron chi connectivity index (χ0n) is 25.6. The number of amides is 3. The number of nitrogens with zero attached hydrogens (tertiary/aromatic N) is 3. The fourth-order valence-corrected chi connectivity index (χ4v) is 6.59. The van der Waals surface area contributed by atoms with Gasteiger partial charge in [-0.05, 0) is 86.7 Å².